The maximum atomic E-state index is 12.1. The van der Waals surface area contributed by atoms with E-state index in [4.69, 9.17) is 0 Å². The number of amides is 1. The fourth-order valence-corrected chi connectivity index (χ4v) is 2.97. The Morgan fingerprint density at radius 2 is 1.95 bits per heavy atom. The van der Waals surface area contributed by atoms with Gasteiger partial charge in [-0.1, -0.05) is 45.1 Å². The van der Waals surface area contributed by atoms with Crippen LogP contribution < -0.4 is 5.43 Å². The van der Waals surface area contributed by atoms with Crippen molar-refractivity contribution < 1.29 is 4.79 Å². The largest absolute Gasteiger partial charge is 0.271 e. The fraction of sp³-hybridized carbons (Fsp3) is 0.444. The first-order valence-electron chi connectivity index (χ1n) is 7.59. The molecule has 110 valence electrons. The van der Waals surface area contributed by atoms with Gasteiger partial charge in [-0.3, -0.25) is 4.79 Å². The predicted molar refractivity (Wildman–Crippen MR) is 85.4 cm³/mol. The number of hydrazone groups is 1. The summed E-state index contributed by atoms with van der Waals surface area (Å²) in [6.07, 6.45) is 6.53. The van der Waals surface area contributed by atoms with Crippen LogP contribution in [0.4, 0.5) is 0 Å². The summed E-state index contributed by atoms with van der Waals surface area (Å²) in [5, 5.41) is 4.30. The molecule has 2 atom stereocenters. The molecule has 1 fully saturated rings. The van der Waals surface area contributed by atoms with Gasteiger partial charge in [0.05, 0.1) is 0 Å². The first-order chi connectivity index (χ1) is 9.95. The number of benzene rings is 1. The van der Waals surface area contributed by atoms with Gasteiger partial charge in [0, 0.05) is 17.2 Å². The molecule has 1 amide bonds. The van der Waals surface area contributed by atoms with E-state index in [9.17, 15) is 4.79 Å². The Kier molecular flexibility index (Phi) is 3.44. The van der Waals surface area contributed by atoms with Crippen LogP contribution in [0.3, 0.4) is 0 Å². The van der Waals surface area contributed by atoms with Crippen LogP contribution in [-0.4, -0.2) is 11.6 Å². The average molecular weight is 282 g/mol. The van der Waals surface area contributed by atoms with E-state index in [1.165, 1.54) is 5.56 Å². The smallest absolute Gasteiger partial charge is 0.267 e. The molecule has 1 aromatic rings. The molecule has 2 aliphatic carbocycles. The van der Waals surface area contributed by atoms with Gasteiger partial charge in [-0.05, 0) is 41.9 Å². The normalized spacial score (nSPS) is 25.6. The van der Waals surface area contributed by atoms with Gasteiger partial charge in [0.2, 0.25) is 0 Å². The SMILES string of the molecule is CC(C)(C)c1ccc(C(=O)N/N=C2/C[C@@H]3C=CC[C@@H]23)cc1. The van der Waals surface area contributed by atoms with Gasteiger partial charge < -0.3 is 0 Å². The lowest BCUT2D eigenvalue weighted by molar-refractivity contribution is 0.0954. The highest BCUT2D eigenvalue weighted by molar-refractivity contribution is 5.98. The number of carbonyl (C=O) groups excluding carboxylic acids is 1. The molecule has 0 aliphatic heterocycles. The Labute approximate surface area is 126 Å². The summed E-state index contributed by atoms with van der Waals surface area (Å²) in [6.45, 7) is 6.49. The van der Waals surface area contributed by atoms with Crippen LogP contribution in [0.15, 0.2) is 41.5 Å². The third-order valence-electron chi connectivity index (χ3n) is 4.48. The first kappa shape index (κ1) is 14.1. The van der Waals surface area contributed by atoms with E-state index in [2.05, 4.69) is 43.5 Å². The highest BCUT2D eigenvalue weighted by atomic mass is 16.2. The van der Waals surface area contributed by atoms with Gasteiger partial charge in [-0.25, -0.2) is 5.43 Å². The molecule has 0 unspecified atom stereocenters. The number of fused-ring (bicyclic) bond motifs is 1. The van der Waals surface area contributed by atoms with Crippen molar-refractivity contribution in [2.75, 3.05) is 0 Å². The van der Waals surface area contributed by atoms with Crippen molar-refractivity contribution in [2.24, 2.45) is 16.9 Å². The van der Waals surface area contributed by atoms with Gasteiger partial charge >= 0.3 is 0 Å². The van der Waals surface area contributed by atoms with E-state index in [-0.39, 0.29) is 11.3 Å². The molecule has 1 aromatic carbocycles. The lowest BCUT2D eigenvalue weighted by atomic mass is 9.74. The molecule has 3 nitrogen and oxygen atoms in total. The minimum absolute atomic E-state index is 0.103. The summed E-state index contributed by atoms with van der Waals surface area (Å²) in [6, 6.07) is 7.78. The monoisotopic (exact) mass is 282 g/mol. The summed E-state index contributed by atoms with van der Waals surface area (Å²) in [5.41, 5.74) is 5.81. The molecule has 0 heterocycles. The maximum Gasteiger partial charge on any atom is 0.271 e. The van der Waals surface area contributed by atoms with Gasteiger partial charge in [0.15, 0.2) is 0 Å². The Hall–Kier alpha value is -1.90. The molecule has 1 N–H and O–H groups in total. The molecule has 0 radical (unpaired) electrons. The number of rotatable bonds is 2. The number of nitrogens with zero attached hydrogens (tertiary/aromatic N) is 1. The van der Waals surface area contributed by atoms with Crippen LogP contribution >= 0.6 is 0 Å². The molecule has 0 bridgehead atoms. The molecule has 0 aromatic heterocycles. The van der Waals surface area contributed by atoms with Gasteiger partial charge in [-0.15, -0.1) is 0 Å². The van der Waals surface area contributed by atoms with Crippen molar-refractivity contribution in [1.29, 1.82) is 0 Å². The van der Waals surface area contributed by atoms with E-state index >= 15 is 0 Å². The molecular weight excluding hydrogens is 260 g/mol. The van der Waals surface area contributed by atoms with E-state index in [0.717, 1.165) is 18.6 Å². The molecule has 3 rings (SSSR count). The molecule has 21 heavy (non-hydrogen) atoms. The molecule has 1 saturated carbocycles. The van der Waals surface area contributed by atoms with Crippen molar-refractivity contribution in [1.82, 2.24) is 5.43 Å². The first-order valence-corrected chi connectivity index (χ1v) is 7.59. The number of allylic oxidation sites excluding steroid dienone is 2. The fourth-order valence-electron chi connectivity index (χ4n) is 2.97. The number of hydrogen-bond acceptors (Lipinski definition) is 2. The summed E-state index contributed by atoms with van der Waals surface area (Å²) in [5.74, 6) is 1.07. The molecule has 3 heteroatoms. The summed E-state index contributed by atoms with van der Waals surface area (Å²) >= 11 is 0. The second-order valence-corrected chi connectivity index (χ2v) is 7.01. The summed E-state index contributed by atoms with van der Waals surface area (Å²) < 4.78 is 0. The second-order valence-electron chi connectivity index (χ2n) is 7.01. The number of hydrogen-bond donors (Lipinski definition) is 1. The summed E-state index contributed by atoms with van der Waals surface area (Å²) in [7, 11) is 0. The lowest BCUT2D eigenvalue weighted by Gasteiger charge is -2.31. The predicted octanol–water partition coefficient (Wildman–Crippen LogP) is 3.67. The van der Waals surface area contributed by atoms with Crippen molar-refractivity contribution in [3.05, 3.63) is 47.5 Å². The Morgan fingerprint density at radius 3 is 2.57 bits per heavy atom. The van der Waals surface area contributed by atoms with Crippen molar-refractivity contribution in [2.45, 2.75) is 39.0 Å². The van der Waals surface area contributed by atoms with Crippen molar-refractivity contribution in [3.63, 3.8) is 0 Å². The second kappa shape index (κ2) is 5.14. The summed E-state index contributed by atoms with van der Waals surface area (Å²) in [4.78, 5) is 12.1. The van der Waals surface area contributed by atoms with E-state index in [1.807, 2.05) is 24.3 Å². The third kappa shape index (κ3) is 2.78. The van der Waals surface area contributed by atoms with Crippen LogP contribution in [0.25, 0.3) is 0 Å². The van der Waals surface area contributed by atoms with Gasteiger partial charge in [0.1, 0.15) is 0 Å². The van der Waals surface area contributed by atoms with Gasteiger partial charge in [0.25, 0.3) is 5.91 Å². The van der Waals surface area contributed by atoms with Crippen LogP contribution in [-0.2, 0) is 5.41 Å². The highest BCUT2D eigenvalue weighted by Crippen LogP contribution is 2.40. The minimum Gasteiger partial charge on any atom is -0.267 e. The quantitative estimate of drug-likeness (QED) is 0.652. The van der Waals surface area contributed by atoms with Gasteiger partial charge in [-0.2, -0.15) is 5.10 Å². The van der Waals surface area contributed by atoms with Crippen molar-refractivity contribution in [3.8, 4) is 0 Å². The van der Waals surface area contributed by atoms with Crippen LogP contribution in [0.2, 0.25) is 0 Å². The van der Waals surface area contributed by atoms with E-state index < -0.39 is 0 Å². The minimum atomic E-state index is -0.127. The van der Waals surface area contributed by atoms with E-state index in [1.54, 1.807) is 0 Å². The molecule has 0 saturated heterocycles. The third-order valence-corrected chi connectivity index (χ3v) is 4.48. The average Bonchev–Trinajstić information content (AvgIpc) is 2.79. The van der Waals surface area contributed by atoms with Crippen molar-refractivity contribution >= 4 is 11.6 Å². The zero-order chi connectivity index (χ0) is 15.0. The zero-order valence-corrected chi connectivity index (χ0v) is 12.9. The van der Waals surface area contributed by atoms with Crippen LogP contribution in [0, 0.1) is 11.8 Å². The lowest BCUT2D eigenvalue weighted by Crippen LogP contribution is -2.35. The number of nitrogens with one attached hydrogen (secondary N) is 1. The topological polar surface area (TPSA) is 41.5 Å². The Morgan fingerprint density at radius 1 is 1.24 bits per heavy atom. The van der Waals surface area contributed by atoms with Crippen LogP contribution in [0.1, 0.15) is 49.5 Å². The maximum absolute atomic E-state index is 12.1. The Balaban J connectivity index is 1.62. The van der Waals surface area contributed by atoms with E-state index in [0.29, 0.717) is 17.4 Å². The zero-order valence-electron chi connectivity index (χ0n) is 12.9. The molecule has 0 spiro atoms. The molecule has 2 aliphatic rings. The van der Waals surface area contributed by atoms with Crippen LogP contribution in [0.5, 0.6) is 0 Å². The number of carbonyl (C=O) groups is 1. The standard InChI is InChI=1S/C18H22N2O/c1-18(2,3)14-9-7-12(8-10-14)17(21)20-19-16-11-13-5-4-6-15(13)16/h4-5,7-10,13,15H,6,11H2,1-3H3,(H,20,21)/b19-16-/t13-,15+/m0/s1. The highest BCUT2D eigenvalue weighted by Gasteiger charge is 2.38. The molecular formula is C18H22N2O. The Bertz CT molecular complexity index is 605.